The number of aliphatic hydroxyl groups is 8. The number of unbranched alkanes of at least 4 members (excludes halogenated alkanes) is 24. The van der Waals surface area contributed by atoms with E-state index in [4.69, 9.17) is 28.4 Å². The summed E-state index contributed by atoms with van der Waals surface area (Å²) in [6.45, 7) is 3.71. The lowest BCUT2D eigenvalue weighted by Gasteiger charge is -2.43. The number of allylic oxidation sites excluding steroid dienone is 2. The molecule has 2 aliphatic heterocycles. The lowest BCUT2D eigenvalue weighted by atomic mass is 9.96. The fourth-order valence-corrected chi connectivity index (χ4v) is 8.46. The molecule has 2 rings (SSSR count). The maximum absolute atomic E-state index is 12.7. The molecule has 2 aliphatic rings. The third-order valence-electron chi connectivity index (χ3n) is 12.8. The van der Waals surface area contributed by atoms with Crippen LogP contribution in [0.2, 0.25) is 0 Å². The smallest absolute Gasteiger partial charge is 0.308 e. The van der Waals surface area contributed by atoms with Crippen molar-refractivity contribution in [3.05, 3.63) is 12.2 Å². The van der Waals surface area contributed by atoms with Crippen LogP contribution in [0.4, 0.5) is 0 Å². The summed E-state index contributed by atoms with van der Waals surface area (Å²) in [5.74, 6) is -0.796. The van der Waals surface area contributed by atoms with E-state index in [0.29, 0.717) is 13.0 Å². The Bertz CT molecular complexity index is 1160. The molecule has 0 unspecified atom stereocenters. The van der Waals surface area contributed by atoms with Crippen LogP contribution < -0.4 is 0 Å². The van der Waals surface area contributed by atoms with Crippen molar-refractivity contribution in [2.75, 3.05) is 33.0 Å². The highest BCUT2D eigenvalue weighted by Gasteiger charge is 2.48. The Morgan fingerprint density at radius 1 is 0.545 bits per heavy atom. The van der Waals surface area contributed by atoms with Crippen LogP contribution >= 0.6 is 0 Å². The van der Waals surface area contributed by atoms with Gasteiger partial charge in [-0.1, -0.05) is 167 Å². The van der Waals surface area contributed by atoms with Crippen LogP contribution in [-0.4, -0.2) is 153 Å². The highest BCUT2D eigenvalue weighted by atomic mass is 16.7. The Labute approximate surface area is 397 Å². The average molecular weight is 949 g/mol. The van der Waals surface area contributed by atoms with Gasteiger partial charge in [0, 0.05) is 6.61 Å². The van der Waals surface area contributed by atoms with Crippen molar-refractivity contribution in [3.8, 4) is 0 Å². The van der Waals surface area contributed by atoms with E-state index in [1.54, 1.807) is 0 Å². The average Bonchev–Trinajstić information content (AvgIpc) is 3.31. The molecule has 0 aromatic carbocycles. The molecule has 8 N–H and O–H groups in total. The van der Waals surface area contributed by atoms with Crippen LogP contribution in [0.1, 0.15) is 200 Å². The summed E-state index contributed by atoms with van der Waals surface area (Å²) in [4.78, 5) is 12.7. The number of hydrogen-bond acceptors (Lipinski definition) is 15. The van der Waals surface area contributed by atoms with Crippen molar-refractivity contribution < 1.29 is 74.1 Å². The van der Waals surface area contributed by atoms with Gasteiger partial charge in [-0.3, -0.25) is 4.79 Å². The van der Waals surface area contributed by atoms with Crippen LogP contribution in [0.3, 0.4) is 0 Å². The van der Waals surface area contributed by atoms with Crippen molar-refractivity contribution in [1.29, 1.82) is 0 Å². The van der Waals surface area contributed by atoms with Gasteiger partial charge >= 0.3 is 5.97 Å². The Hall–Kier alpha value is -1.31. The van der Waals surface area contributed by atoms with E-state index in [9.17, 15) is 45.6 Å². The molecule has 0 spiro atoms. The van der Waals surface area contributed by atoms with Gasteiger partial charge < -0.3 is 69.3 Å². The fourth-order valence-electron chi connectivity index (χ4n) is 8.46. The van der Waals surface area contributed by atoms with Crippen molar-refractivity contribution >= 4 is 5.97 Å². The quantitative estimate of drug-likeness (QED) is 0.0178. The summed E-state index contributed by atoms with van der Waals surface area (Å²) in [6, 6.07) is 0. The topological polar surface area (TPSA) is 234 Å². The minimum atomic E-state index is -1.77. The van der Waals surface area contributed by atoms with E-state index in [-0.39, 0.29) is 13.2 Å². The Kier molecular flexibility index (Phi) is 36.3. The highest BCUT2D eigenvalue weighted by Crippen LogP contribution is 2.28. The summed E-state index contributed by atoms with van der Waals surface area (Å²) in [6.07, 6.45) is 19.4. The van der Waals surface area contributed by atoms with Gasteiger partial charge in [-0.15, -0.1) is 0 Å². The van der Waals surface area contributed by atoms with E-state index in [0.717, 1.165) is 64.2 Å². The zero-order valence-corrected chi connectivity index (χ0v) is 41.1. The number of esters is 1. The number of carbonyl (C=O) groups excluding carboxylic acids is 1. The molecule has 2 heterocycles. The molecule has 2 saturated heterocycles. The number of hydrogen-bond donors (Lipinski definition) is 8. The first-order chi connectivity index (χ1) is 32.0. The van der Waals surface area contributed by atoms with Crippen LogP contribution in [0.25, 0.3) is 0 Å². The third-order valence-corrected chi connectivity index (χ3v) is 12.8. The molecule has 0 aromatic rings. The minimum Gasteiger partial charge on any atom is -0.463 e. The first-order valence-electron chi connectivity index (χ1n) is 26.4. The van der Waals surface area contributed by atoms with E-state index >= 15 is 0 Å². The molecule has 0 saturated carbocycles. The van der Waals surface area contributed by atoms with Gasteiger partial charge in [0.2, 0.25) is 0 Å². The second-order valence-electron chi connectivity index (χ2n) is 18.9. The molecule has 2 fully saturated rings. The Morgan fingerprint density at radius 3 is 1.53 bits per heavy atom. The first-order valence-corrected chi connectivity index (χ1v) is 26.4. The summed E-state index contributed by atoms with van der Waals surface area (Å²) in [5, 5.41) is 84.0. The normalized spacial score (nSPS) is 26.8. The van der Waals surface area contributed by atoms with Gasteiger partial charge in [0.25, 0.3) is 0 Å². The van der Waals surface area contributed by atoms with Crippen molar-refractivity contribution in [1.82, 2.24) is 0 Å². The summed E-state index contributed by atoms with van der Waals surface area (Å²) >= 11 is 0. The summed E-state index contributed by atoms with van der Waals surface area (Å²) in [7, 11) is 0. The maximum atomic E-state index is 12.7. The van der Waals surface area contributed by atoms with Crippen LogP contribution in [0.5, 0.6) is 0 Å². The monoisotopic (exact) mass is 949 g/mol. The highest BCUT2D eigenvalue weighted by molar-refractivity contribution is 5.70. The van der Waals surface area contributed by atoms with E-state index in [1.807, 2.05) is 0 Å². The number of carbonyl (C=O) groups is 1. The summed E-state index contributed by atoms with van der Waals surface area (Å²) < 4.78 is 33.7. The predicted molar refractivity (Wildman–Crippen MR) is 253 cm³/mol. The molecule has 0 aliphatic carbocycles. The lowest BCUT2D eigenvalue weighted by molar-refractivity contribution is -0.336. The second-order valence-corrected chi connectivity index (χ2v) is 18.9. The number of rotatable bonds is 42. The minimum absolute atomic E-state index is 0.00427. The molecule has 0 amide bonds. The number of aliphatic hydroxyl groups excluding tert-OH is 8. The second kappa shape index (κ2) is 39.4. The maximum Gasteiger partial charge on any atom is 0.308 e. The van der Waals surface area contributed by atoms with Gasteiger partial charge in [0.1, 0.15) is 55.4 Å². The van der Waals surface area contributed by atoms with E-state index in [2.05, 4.69) is 26.0 Å². The standard InChI is InChI=1S/C51H96O15/c1-3-5-7-9-11-13-15-17-19-20-22-24-26-28-30-32-39(53)36-62-43(54)34-41-44(55)46(57)48(59)50(65-41)63-38-42-45(56)47(58)49(60)51(66-42)64-40(35-52)37-61-33-31-29-27-25-23-21-18-16-14-12-10-8-6-4-2/h17,19,39-42,44-53,55-60H,3-16,18,20-38H2,1-2H3/b19-17+/t39-,40+,41+,42-,44+,45-,46-,47+,48+,49-,50+,51-/m1/s1. The van der Waals surface area contributed by atoms with Crippen molar-refractivity contribution in [2.45, 2.75) is 274 Å². The zero-order valence-electron chi connectivity index (χ0n) is 41.1. The lowest BCUT2D eigenvalue weighted by Crippen LogP contribution is -2.62. The molecule has 0 radical (unpaired) electrons. The predicted octanol–water partition coefficient (Wildman–Crippen LogP) is 6.83. The van der Waals surface area contributed by atoms with Crippen LogP contribution in [0.15, 0.2) is 12.2 Å². The number of ether oxygens (including phenoxy) is 6. The van der Waals surface area contributed by atoms with Crippen LogP contribution in [0, 0.1) is 0 Å². The first kappa shape index (κ1) is 60.8. The molecule has 66 heavy (non-hydrogen) atoms. The molecule has 15 nitrogen and oxygen atoms in total. The molecule has 0 bridgehead atoms. The molecule has 15 heteroatoms. The fraction of sp³-hybridized carbons (Fsp3) is 0.941. The van der Waals surface area contributed by atoms with Gasteiger partial charge in [-0.2, -0.15) is 0 Å². The third kappa shape index (κ3) is 27.2. The molecular formula is C51H96O15. The van der Waals surface area contributed by atoms with Crippen molar-refractivity contribution in [2.24, 2.45) is 0 Å². The van der Waals surface area contributed by atoms with Crippen molar-refractivity contribution in [3.63, 3.8) is 0 Å². The van der Waals surface area contributed by atoms with E-state index < -0.39 is 99.2 Å². The SMILES string of the molecule is CCCCCCCC/C=C/CCCCCCC[C@@H](O)COC(=O)C[C@@H]1O[C@H](OC[C@H]2O[C@@H](O[C@@H](CO)COCCCCCCCCCCCCCCCC)[C@H](O)[C@@H](O)[C@@H]2O)[C@@H](O)[C@H](O)[C@H]1O. The zero-order chi connectivity index (χ0) is 48.2. The molecule has 0 aromatic heterocycles. The molecule has 390 valence electrons. The summed E-state index contributed by atoms with van der Waals surface area (Å²) in [5.41, 5.74) is 0. The van der Waals surface area contributed by atoms with Gasteiger partial charge in [0.05, 0.1) is 38.4 Å². The molecule has 12 atom stereocenters. The van der Waals surface area contributed by atoms with Gasteiger partial charge in [-0.05, 0) is 38.5 Å². The van der Waals surface area contributed by atoms with Gasteiger partial charge in [0.15, 0.2) is 12.6 Å². The van der Waals surface area contributed by atoms with Crippen LogP contribution in [-0.2, 0) is 33.2 Å². The largest absolute Gasteiger partial charge is 0.463 e. The molecular weight excluding hydrogens is 853 g/mol. The van der Waals surface area contributed by atoms with E-state index in [1.165, 1.54) is 109 Å². The van der Waals surface area contributed by atoms with Gasteiger partial charge in [-0.25, -0.2) is 0 Å². The Balaban J connectivity index is 1.64. The Morgan fingerprint density at radius 2 is 1.00 bits per heavy atom.